The van der Waals surface area contributed by atoms with Crippen LogP contribution in [0, 0.1) is 17.3 Å². The van der Waals surface area contributed by atoms with Gasteiger partial charge in [-0.3, -0.25) is 24.6 Å². The number of hydrogen-bond acceptors (Lipinski definition) is 11. The van der Waals surface area contributed by atoms with Crippen LogP contribution in [0.5, 0.6) is 5.75 Å². The summed E-state index contributed by atoms with van der Waals surface area (Å²) in [7, 11) is 0. The molecule has 7 rings (SSSR count). The third-order valence-corrected chi connectivity index (χ3v) is 12.5. The quantitative estimate of drug-likeness (QED) is 0.140. The normalized spacial score (nSPS) is 34.0. The maximum absolute atomic E-state index is 13.2. The minimum absolute atomic E-state index is 0.139. The van der Waals surface area contributed by atoms with Gasteiger partial charge in [0, 0.05) is 25.3 Å². The zero-order valence-corrected chi connectivity index (χ0v) is 29.5. The second-order valence-electron chi connectivity index (χ2n) is 15.3. The number of carbonyl (C=O) groups is 1. The number of H-pyrrole nitrogens is 2. The van der Waals surface area contributed by atoms with E-state index in [1.807, 2.05) is 19.1 Å². The first-order chi connectivity index (χ1) is 24.9. The number of anilines is 1. The molecule has 1 aromatic heterocycles. The maximum atomic E-state index is 13.2. The molecule has 2 saturated carbocycles. The molecule has 2 heterocycles. The van der Waals surface area contributed by atoms with E-state index >= 15 is 0 Å². The summed E-state index contributed by atoms with van der Waals surface area (Å²) >= 11 is 0. The molecule has 1 amide bonds. The topological polar surface area (TPSA) is 218 Å². The number of ether oxygens (including phenoxy) is 2. The molecule has 4 aliphatic rings. The molecule has 0 spiro atoms. The highest BCUT2D eigenvalue weighted by Crippen LogP contribution is 2.61. The Hall–Kier alpha value is -3.79. The number of aromatic amines is 2. The lowest BCUT2D eigenvalue weighted by molar-refractivity contribution is -0.307. The van der Waals surface area contributed by atoms with Gasteiger partial charge < -0.3 is 45.2 Å². The molecular formula is C38H50N4O10. The van der Waals surface area contributed by atoms with Crippen molar-refractivity contribution in [1.29, 1.82) is 0 Å². The van der Waals surface area contributed by atoms with E-state index in [0.29, 0.717) is 55.0 Å². The van der Waals surface area contributed by atoms with Crippen LogP contribution in [0.25, 0.3) is 10.8 Å². The first-order valence-corrected chi connectivity index (χ1v) is 18.5. The van der Waals surface area contributed by atoms with Gasteiger partial charge in [0.25, 0.3) is 17.0 Å². The van der Waals surface area contributed by atoms with Gasteiger partial charge in [-0.25, -0.2) is 0 Å². The minimum Gasteiger partial charge on any atom is -0.508 e. The van der Waals surface area contributed by atoms with Crippen LogP contribution in [0.4, 0.5) is 5.69 Å². The maximum Gasteiger partial charge on any atom is 0.270 e. The Morgan fingerprint density at radius 2 is 1.77 bits per heavy atom. The molecule has 0 bridgehead atoms. The van der Waals surface area contributed by atoms with Crippen LogP contribution < -0.4 is 21.3 Å². The molecule has 2 unspecified atom stereocenters. The summed E-state index contributed by atoms with van der Waals surface area (Å²) in [4.78, 5) is 39.6. The molecule has 52 heavy (non-hydrogen) atoms. The minimum atomic E-state index is -1.70. The first kappa shape index (κ1) is 36.6. The average Bonchev–Trinajstić information content (AvgIpc) is 3.39. The molecule has 282 valence electrons. The van der Waals surface area contributed by atoms with Crippen LogP contribution in [0.15, 0.2) is 46.0 Å². The number of rotatable bonds is 10. The molecule has 3 aromatic rings. The van der Waals surface area contributed by atoms with Gasteiger partial charge in [0.15, 0.2) is 12.4 Å². The third kappa shape index (κ3) is 6.54. The summed E-state index contributed by atoms with van der Waals surface area (Å²) in [5, 5.41) is 62.0. The molecule has 1 aliphatic heterocycles. The number of carbonyl (C=O) groups excluding carboxylic acids is 1. The number of phenols is 1. The van der Waals surface area contributed by atoms with E-state index in [-0.39, 0.29) is 29.3 Å². The summed E-state index contributed by atoms with van der Waals surface area (Å²) in [6, 6.07) is 10.7. The zero-order valence-electron chi connectivity index (χ0n) is 29.5. The Morgan fingerprint density at radius 3 is 2.54 bits per heavy atom. The predicted octanol–water partition coefficient (Wildman–Crippen LogP) is 1.36. The van der Waals surface area contributed by atoms with Crippen molar-refractivity contribution in [2.45, 2.75) is 108 Å². The molecule has 14 heteroatoms. The Labute approximate surface area is 300 Å². The molecule has 1 saturated heterocycles. The van der Waals surface area contributed by atoms with Gasteiger partial charge >= 0.3 is 0 Å². The SMILES string of the molecule is CCN(CCCCNC(=O)[C@H]1O[C@@H](OC2C[C@H]3[C@@H]4CCc5cc(O)ccc5[C@H]4CC[C@]3(C)C2O)[C@H](O)[C@@H](O)[C@@H]1O)c1ccc2c(=O)[nH][nH]c(=O)c2c1. The number of aromatic nitrogens is 2. The highest BCUT2D eigenvalue weighted by atomic mass is 16.7. The van der Waals surface area contributed by atoms with Crippen molar-refractivity contribution in [3.63, 3.8) is 0 Å². The van der Waals surface area contributed by atoms with E-state index in [1.165, 1.54) is 11.1 Å². The number of fused-ring (bicyclic) bond motifs is 6. The number of nitrogens with one attached hydrogen (secondary N) is 3. The summed E-state index contributed by atoms with van der Waals surface area (Å²) in [5.41, 5.74) is 2.05. The first-order valence-electron chi connectivity index (χ1n) is 18.5. The number of aliphatic hydroxyl groups excluding tert-OH is 4. The Kier molecular flexibility index (Phi) is 10.2. The van der Waals surface area contributed by atoms with Crippen molar-refractivity contribution >= 4 is 22.4 Å². The van der Waals surface area contributed by atoms with Crippen LogP contribution in [-0.4, -0.2) is 104 Å². The van der Waals surface area contributed by atoms with Crippen molar-refractivity contribution in [1.82, 2.24) is 15.5 Å². The number of aromatic hydroxyl groups is 1. The van der Waals surface area contributed by atoms with Crippen molar-refractivity contribution in [2.24, 2.45) is 17.3 Å². The summed E-state index contributed by atoms with van der Waals surface area (Å²) in [6.45, 7) is 5.59. The van der Waals surface area contributed by atoms with Crippen LogP contribution >= 0.6 is 0 Å². The summed E-state index contributed by atoms with van der Waals surface area (Å²) in [5.74, 6) is 0.387. The van der Waals surface area contributed by atoms with Gasteiger partial charge in [-0.1, -0.05) is 13.0 Å². The van der Waals surface area contributed by atoms with E-state index < -0.39 is 54.2 Å². The van der Waals surface area contributed by atoms with Crippen LogP contribution in [0.1, 0.15) is 69.4 Å². The Balaban J connectivity index is 0.939. The lowest BCUT2D eigenvalue weighted by atomic mass is 9.55. The van der Waals surface area contributed by atoms with Gasteiger partial charge in [-0.15, -0.1) is 0 Å². The smallest absolute Gasteiger partial charge is 0.270 e. The van der Waals surface area contributed by atoms with Crippen molar-refractivity contribution in [2.75, 3.05) is 24.5 Å². The summed E-state index contributed by atoms with van der Waals surface area (Å²) in [6.07, 6.45) is -4.29. The van der Waals surface area contributed by atoms with Crippen LogP contribution in [0.2, 0.25) is 0 Å². The highest BCUT2D eigenvalue weighted by Gasteiger charge is 2.59. The second-order valence-corrected chi connectivity index (χ2v) is 15.3. The van der Waals surface area contributed by atoms with Gasteiger partial charge in [-0.05, 0) is 116 Å². The molecule has 3 aliphatic carbocycles. The summed E-state index contributed by atoms with van der Waals surface area (Å²) < 4.78 is 12.0. The fraction of sp³-hybridized carbons (Fsp3) is 0.605. The van der Waals surface area contributed by atoms with E-state index in [0.717, 1.165) is 31.4 Å². The number of hydrogen-bond donors (Lipinski definition) is 8. The third-order valence-electron chi connectivity index (χ3n) is 12.5. The number of unbranched alkanes of at least 4 members (excludes halogenated alkanes) is 1. The molecular weight excluding hydrogens is 672 g/mol. The Morgan fingerprint density at radius 1 is 1.00 bits per heavy atom. The van der Waals surface area contributed by atoms with Crippen molar-refractivity contribution in [3.05, 3.63) is 68.2 Å². The number of phenolic OH excluding ortho intramolecular Hbond substituents is 1. The highest BCUT2D eigenvalue weighted by molar-refractivity contribution is 5.84. The van der Waals surface area contributed by atoms with E-state index in [2.05, 4.69) is 27.3 Å². The van der Waals surface area contributed by atoms with Crippen molar-refractivity contribution in [3.8, 4) is 5.75 Å². The van der Waals surface area contributed by atoms with E-state index in [1.54, 1.807) is 24.3 Å². The van der Waals surface area contributed by atoms with Gasteiger partial charge in [0.1, 0.15) is 24.1 Å². The predicted molar refractivity (Wildman–Crippen MR) is 191 cm³/mol. The number of aryl methyl sites for hydroxylation is 1. The molecule has 14 nitrogen and oxygen atoms in total. The standard InChI is InChI=1S/C38H50N4O10/c1-3-42(20-7-10-25-26(17-20)35(49)41-40-34(25)48)15-5-4-14-39-36(50)32-30(45)29(44)31(46)37(52-32)51-28-18-27-24-9-6-19-16-21(43)8-11-22(19)23(24)12-13-38(27,2)33(28)47/h7-8,10-11,16-17,23-24,27-33,37,43-47H,3-6,9,12-15,18H2,1-2H3,(H,39,50)(H,40,48)(H,41,49)/t23-,24-,27+,28?,29+,30+,31-,32+,33?,37-,38+/m1/s1. The monoisotopic (exact) mass is 722 g/mol. The zero-order chi connectivity index (χ0) is 36.9. The number of aliphatic hydroxyl groups is 4. The van der Waals surface area contributed by atoms with Gasteiger partial charge in [0.05, 0.1) is 23.0 Å². The van der Waals surface area contributed by atoms with Crippen molar-refractivity contribution < 1.29 is 39.8 Å². The second kappa shape index (κ2) is 14.6. The van der Waals surface area contributed by atoms with Crippen LogP contribution in [-0.2, 0) is 20.7 Å². The number of amides is 1. The molecule has 11 atom stereocenters. The largest absolute Gasteiger partial charge is 0.508 e. The Bertz CT molecular complexity index is 1900. The fourth-order valence-electron chi connectivity index (χ4n) is 9.58. The fourth-order valence-corrected chi connectivity index (χ4v) is 9.58. The van der Waals surface area contributed by atoms with E-state index in [9.17, 15) is 39.9 Å². The van der Waals surface area contributed by atoms with Crippen LogP contribution in [0.3, 0.4) is 0 Å². The molecule has 8 N–H and O–H groups in total. The molecule has 2 aromatic carbocycles. The van der Waals surface area contributed by atoms with Gasteiger partial charge in [-0.2, -0.15) is 0 Å². The lowest BCUT2D eigenvalue weighted by Crippen LogP contribution is -2.62. The lowest BCUT2D eigenvalue weighted by Gasteiger charge is -2.49. The number of nitrogens with zero attached hydrogens (tertiary/aromatic N) is 1. The molecule has 3 fully saturated rings. The average molecular weight is 723 g/mol. The molecule has 0 radical (unpaired) electrons. The number of benzene rings is 2. The van der Waals surface area contributed by atoms with E-state index in [4.69, 9.17) is 9.47 Å². The van der Waals surface area contributed by atoms with Gasteiger partial charge in [0.2, 0.25) is 0 Å².